The fourth-order valence-corrected chi connectivity index (χ4v) is 2.18. The molecular formula is C12H22N2O3. The number of amides is 2. The lowest BCUT2D eigenvalue weighted by molar-refractivity contribution is -0.138. The summed E-state index contributed by atoms with van der Waals surface area (Å²) in [6.45, 7) is 5.24. The van der Waals surface area contributed by atoms with E-state index >= 15 is 0 Å². The molecule has 2 unspecified atom stereocenters. The average molecular weight is 242 g/mol. The molecule has 0 aliphatic carbocycles. The third-order valence-electron chi connectivity index (χ3n) is 3.40. The highest BCUT2D eigenvalue weighted by atomic mass is 16.4. The molecule has 1 heterocycles. The molecule has 0 aromatic carbocycles. The van der Waals surface area contributed by atoms with Gasteiger partial charge in [0.1, 0.15) is 0 Å². The fourth-order valence-electron chi connectivity index (χ4n) is 2.18. The first-order chi connectivity index (χ1) is 8.04. The molecule has 0 spiro atoms. The lowest BCUT2D eigenvalue weighted by atomic mass is 10.0. The van der Waals surface area contributed by atoms with E-state index in [0.717, 1.165) is 25.8 Å². The second-order valence-electron chi connectivity index (χ2n) is 4.74. The molecule has 5 nitrogen and oxygen atoms in total. The lowest BCUT2D eigenvalue weighted by Gasteiger charge is -2.23. The summed E-state index contributed by atoms with van der Waals surface area (Å²) in [5.41, 5.74) is 0. The summed E-state index contributed by atoms with van der Waals surface area (Å²) in [7, 11) is 0. The summed E-state index contributed by atoms with van der Waals surface area (Å²) in [5.74, 6) is -0.782. The Kier molecular flexibility index (Phi) is 5.25. The zero-order valence-electron chi connectivity index (χ0n) is 10.6. The van der Waals surface area contributed by atoms with Gasteiger partial charge in [0.2, 0.25) is 0 Å². The molecule has 1 fully saturated rings. The van der Waals surface area contributed by atoms with Gasteiger partial charge in [0.15, 0.2) is 0 Å². The van der Waals surface area contributed by atoms with E-state index in [1.165, 1.54) is 0 Å². The van der Waals surface area contributed by atoms with Crippen molar-refractivity contribution in [1.29, 1.82) is 0 Å². The predicted octanol–water partition coefficient (Wildman–Crippen LogP) is 1.68. The summed E-state index contributed by atoms with van der Waals surface area (Å²) in [5, 5.41) is 11.5. The summed E-state index contributed by atoms with van der Waals surface area (Å²) in [4.78, 5) is 24.3. The second-order valence-corrected chi connectivity index (χ2v) is 4.74. The van der Waals surface area contributed by atoms with Crippen LogP contribution in [0, 0.1) is 5.92 Å². The highest BCUT2D eigenvalue weighted by molar-refractivity contribution is 5.75. The number of nitrogens with zero attached hydrogens (tertiary/aromatic N) is 1. The molecule has 0 radical (unpaired) electrons. The van der Waals surface area contributed by atoms with Crippen LogP contribution in [0.15, 0.2) is 0 Å². The molecule has 1 aliphatic rings. The first-order valence-electron chi connectivity index (χ1n) is 6.30. The third kappa shape index (κ3) is 4.24. The van der Waals surface area contributed by atoms with Crippen molar-refractivity contribution in [2.75, 3.05) is 13.1 Å². The Labute approximate surface area is 102 Å². The van der Waals surface area contributed by atoms with Crippen LogP contribution in [-0.4, -0.2) is 41.1 Å². The first-order valence-corrected chi connectivity index (χ1v) is 6.30. The highest BCUT2D eigenvalue weighted by Gasteiger charge is 2.25. The van der Waals surface area contributed by atoms with Crippen LogP contribution in [0.1, 0.15) is 39.5 Å². The van der Waals surface area contributed by atoms with Crippen molar-refractivity contribution in [3.63, 3.8) is 0 Å². The van der Waals surface area contributed by atoms with E-state index in [1.54, 1.807) is 0 Å². The quantitative estimate of drug-likeness (QED) is 0.770. The van der Waals surface area contributed by atoms with Gasteiger partial charge in [0.25, 0.3) is 0 Å². The fraction of sp³-hybridized carbons (Fsp3) is 0.833. The van der Waals surface area contributed by atoms with E-state index in [0.29, 0.717) is 12.6 Å². The molecule has 98 valence electrons. The minimum Gasteiger partial charge on any atom is -0.481 e. The maximum absolute atomic E-state index is 11.8. The van der Waals surface area contributed by atoms with Crippen molar-refractivity contribution in [1.82, 2.24) is 10.2 Å². The normalized spacial score (nSPS) is 21.3. The van der Waals surface area contributed by atoms with Crippen molar-refractivity contribution < 1.29 is 14.7 Å². The summed E-state index contributed by atoms with van der Waals surface area (Å²) in [6.07, 6.45) is 3.00. The Morgan fingerprint density at radius 1 is 1.53 bits per heavy atom. The number of carboxylic acid groups (broad SMARTS) is 1. The third-order valence-corrected chi connectivity index (χ3v) is 3.40. The predicted molar refractivity (Wildman–Crippen MR) is 64.8 cm³/mol. The Morgan fingerprint density at radius 3 is 2.71 bits per heavy atom. The standard InChI is InChI=1S/C12H22N2O3/c1-3-10(7-11(15)16)8-13-12(17)14-6-4-5-9(14)2/h9-10H,3-8H2,1-2H3,(H,13,17)(H,15,16). The van der Waals surface area contributed by atoms with Crippen LogP contribution in [0.2, 0.25) is 0 Å². The minimum atomic E-state index is -0.805. The molecule has 2 atom stereocenters. The van der Waals surface area contributed by atoms with Crippen LogP contribution in [0.4, 0.5) is 4.79 Å². The van der Waals surface area contributed by atoms with Crippen molar-refractivity contribution in [3.8, 4) is 0 Å². The molecule has 0 saturated carbocycles. The van der Waals surface area contributed by atoms with Crippen LogP contribution in [0.5, 0.6) is 0 Å². The number of carbonyl (C=O) groups is 2. The van der Waals surface area contributed by atoms with Crippen molar-refractivity contribution in [3.05, 3.63) is 0 Å². The number of aliphatic carboxylic acids is 1. The van der Waals surface area contributed by atoms with Gasteiger partial charge in [-0.05, 0) is 25.7 Å². The van der Waals surface area contributed by atoms with Crippen LogP contribution in [0.3, 0.4) is 0 Å². The Morgan fingerprint density at radius 2 is 2.24 bits per heavy atom. The van der Waals surface area contributed by atoms with Crippen molar-refractivity contribution in [2.45, 2.75) is 45.6 Å². The van der Waals surface area contributed by atoms with Gasteiger partial charge in [-0.1, -0.05) is 13.3 Å². The Bertz CT molecular complexity index is 281. The van der Waals surface area contributed by atoms with E-state index in [4.69, 9.17) is 5.11 Å². The first kappa shape index (κ1) is 13.8. The van der Waals surface area contributed by atoms with E-state index in [-0.39, 0.29) is 18.4 Å². The smallest absolute Gasteiger partial charge is 0.317 e. The maximum atomic E-state index is 11.8. The molecule has 0 aromatic heterocycles. The van der Waals surface area contributed by atoms with Gasteiger partial charge in [-0.3, -0.25) is 4.79 Å². The van der Waals surface area contributed by atoms with Gasteiger partial charge in [-0.15, -0.1) is 0 Å². The molecule has 5 heteroatoms. The minimum absolute atomic E-state index is 0.0226. The zero-order valence-corrected chi connectivity index (χ0v) is 10.6. The number of likely N-dealkylation sites (tertiary alicyclic amines) is 1. The van der Waals surface area contributed by atoms with Crippen LogP contribution in [0.25, 0.3) is 0 Å². The average Bonchev–Trinajstić information content (AvgIpc) is 2.69. The van der Waals surface area contributed by atoms with Crippen molar-refractivity contribution >= 4 is 12.0 Å². The molecule has 0 aromatic rings. The number of hydrogen-bond acceptors (Lipinski definition) is 2. The molecular weight excluding hydrogens is 220 g/mol. The number of rotatable bonds is 5. The Balaban J connectivity index is 2.33. The van der Waals surface area contributed by atoms with Gasteiger partial charge in [0, 0.05) is 25.6 Å². The molecule has 1 aliphatic heterocycles. The topological polar surface area (TPSA) is 69.6 Å². The molecule has 2 amide bonds. The van der Waals surface area contributed by atoms with Crippen LogP contribution >= 0.6 is 0 Å². The largest absolute Gasteiger partial charge is 0.481 e. The molecule has 17 heavy (non-hydrogen) atoms. The number of carboxylic acids is 1. The monoisotopic (exact) mass is 242 g/mol. The van der Waals surface area contributed by atoms with Gasteiger partial charge in [-0.25, -0.2) is 4.79 Å². The SMILES string of the molecule is CCC(CNC(=O)N1CCCC1C)CC(=O)O. The number of hydrogen-bond donors (Lipinski definition) is 2. The number of carbonyl (C=O) groups excluding carboxylic acids is 1. The van der Waals surface area contributed by atoms with E-state index in [1.807, 2.05) is 18.7 Å². The van der Waals surface area contributed by atoms with Crippen LogP contribution in [-0.2, 0) is 4.79 Å². The second kappa shape index (κ2) is 6.47. The lowest BCUT2D eigenvalue weighted by Crippen LogP contribution is -2.43. The Hall–Kier alpha value is -1.26. The summed E-state index contributed by atoms with van der Waals surface area (Å²) >= 11 is 0. The number of nitrogens with one attached hydrogen (secondary N) is 1. The summed E-state index contributed by atoms with van der Waals surface area (Å²) < 4.78 is 0. The van der Waals surface area contributed by atoms with E-state index in [2.05, 4.69) is 5.32 Å². The van der Waals surface area contributed by atoms with Crippen molar-refractivity contribution in [2.24, 2.45) is 5.92 Å². The van der Waals surface area contributed by atoms with Gasteiger partial charge < -0.3 is 15.3 Å². The molecule has 0 bridgehead atoms. The van der Waals surface area contributed by atoms with E-state index < -0.39 is 5.97 Å². The molecule has 1 saturated heterocycles. The van der Waals surface area contributed by atoms with Gasteiger partial charge >= 0.3 is 12.0 Å². The van der Waals surface area contributed by atoms with Crippen LogP contribution < -0.4 is 5.32 Å². The van der Waals surface area contributed by atoms with Gasteiger partial charge in [0.05, 0.1) is 0 Å². The molecule has 1 rings (SSSR count). The maximum Gasteiger partial charge on any atom is 0.317 e. The van der Waals surface area contributed by atoms with Gasteiger partial charge in [-0.2, -0.15) is 0 Å². The highest BCUT2D eigenvalue weighted by Crippen LogP contribution is 2.16. The van der Waals surface area contributed by atoms with E-state index in [9.17, 15) is 9.59 Å². The summed E-state index contributed by atoms with van der Waals surface area (Å²) in [6, 6.07) is 0.244. The number of urea groups is 1. The zero-order chi connectivity index (χ0) is 12.8. The molecule has 2 N–H and O–H groups in total.